The third kappa shape index (κ3) is 4.33. The fourth-order valence-corrected chi connectivity index (χ4v) is 5.76. The molecule has 10 heteroatoms. The molecule has 4 rings (SSSR count). The van der Waals surface area contributed by atoms with Crippen molar-refractivity contribution in [2.24, 2.45) is 7.05 Å². The second-order valence-electron chi connectivity index (χ2n) is 6.81. The van der Waals surface area contributed by atoms with E-state index in [1.54, 1.807) is 42.6 Å². The van der Waals surface area contributed by atoms with Gasteiger partial charge in [0.1, 0.15) is 0 Å². The van der Waals surface area contributed by atoms with Crippen molar-refractivity contribution in [2.45, 2.75) is 16.5 Å². The van der Waals surface area contributed by atoms with E-state index in [0.717, 1.165) is 10.1 Å². The van der Waals surface area contributed by atoms with Crippen LogP contribution in [-0.4, -0.2) is 36.2 Å². The van der Waals surface area contributed by atoms with E-state index in [-0.39, 0.29) is 11.7 Å². The number of aryl methyl sites for hydroxylation is 1. The number of carbonyl (C=O) groups is 1. The van der Waals surface area contributed by atoms with Crippen molar-refractivity contribution >= 4 is 50.7 Å². The lowest BCUT2D eigenvalue weighted by molar-refractivity contribution is 0.102. The summed E-state index contributed by atoms with van der Waals surface area (Å²) < 4.78 is 27.6. The third-order valence-corrected chi connectivity index (χ3v) is 7.92. The summed E-state index contributed by atoms with van der Waals surface area (Å²) in [4.78, 5) is 18.0. The summed E-state index contributed by atoms with van der Waals surface area (Å²) in [5.41, 5.74) is 1.41. The number of nitrogens with one attached hydrogen (secondary N) is 1. The van der Waals surface area contributed by atoms with Gasteiger partial charge in [0.25, 0.3) is 5.91 Å². The Balaban J connectivity index is 1.59. The Bertz CT molecular complexity index is 1210. The summed E-state index contributed by atoms with van der Waals surface area (Å²) in [7, 11) is -1.43. The van der Waals surface area contributed by atoms with Crippen LogP contribution < -0.4 is 9.62 Å². The third-order valence-electron chi connectivity index (χ3n) is 4.66. The molecule has 1 amide bonds. The van der Waals surface area contributed by atoms with Crippen molar-refractivity contribution in [3.05, 3.63) is 65.4 Å². The Hall–Kier alpha value is -2.49. The van der Waals surface area contributed by atoms with Crippen LogP contribution in [0.1, 0.15) is 16.8 Å². The first-order valence-corrected chi connectivity index (χ1v) is 12.0. The molecule has 1 aliphatic rings. The molecule has 0 saturated carbocycles. The molecule has 1 N–H and O–H groups in total. The van der Waals surface area contributed by atoms with Crippen molar-refractivity contribution in [1.29, 1.82) is 0 Å². The molecule has 156 valence electrons. The Labute approximate surface area is 184 Å². The molecule has 7 nitrogen and oxygen atoms in total. The summed E-state index contributed by atoms with van der Waals surface area (Å²) in [5, 5.41) is 4.15. The van der Waals surface area contributed by atoms with E-state index >= 15 is 0 Å². The summed E-state index contributed by atoms with van der Waals surface area (Å²) in [6.45, 7) is 0.423. The van der Waals surface area contributed by atoms with Crippen molar-refractivity contribution in [1.82, 2.24) is 9.55 Å². The molecule has 0 spiro atoms. The molecule has 1 saturated heterocycles. The van der Waals surface area contributed by atoms with Gasteiger partial charge in [0.05, 0.1) is 17.1 Å². The molecule has 2 heterocycles. The maximum atomic E-state index is 12.9. The predicted octanol–water partition coefficient (Wildman–Crippen LogP) is 4.02. The van der Waals surface area contributed by atoms with Crippen LogP contribution in [-0.2, 0) is 17.1 Å². The number of rotatable bonds is 5. The van der Waals surface area contributed by atoms with Crippen LogP contribution >= 0.6 is 23.4 Å². The van der Waals surface area contributed by atoms with Gasteiger partial charge in [-0.15, -0.1) is 0 Å². The normalized spacial score (nSPS) is 15.3. The van der Waals surface area contributed by atoms with Gasteiger partial charge >= 0.3 is 0 Å². The van der Waals surface area contributed by atoms with Gasteiger partial charge in [0.15, 0.2) is 5.16 Å². The standard InChI is InChI=1S/C20H19ClN4O3S2/c1-24-10-8-22-20(24)29-18-7-6-15(21)13-17(18)23-19(26)14-4-2-5-16(12-14)25-9-3-11-30(25,27)28/h2,4-8,10,12-13H,3,9,11H2,1H3,(H,23,26). The zero-order chi connectivity index (χ0) is 21.3. The average Bonchev–Trinajstić information content (AvgIpc) is 3.28. The number of imidazole rings is 1. The summed E-state index contributed by atoms with van der Waals surface area (Å²) in [6.07, 6.45) is 4.12. The van der Waals surface area contributed by atoms with Gasteiger partial charge in [-0.05, 0) is 54.6 Å². The monoisotopic (exact) mass is 462 g/mol. The van der Waals surface area contributed by atoms with E-state index in [0.29, 0.717) is 34.9 Å². The van der Waals surface area contributed by atoms with Crippen LogP contribution in [0, 0.1) is 0 Å². The number of benzene rings is 2. The number of halogens is 1. The average molecular weight is 463 g/mol. The maximum Gasteiger partial charge on any atom is 0.255 e. The van der Waals surface area contributed by atoms with Crippen LogP contribution in [0.2, 0.25) is 5.02 Å². The number of hydrogen-bond donors (Lipinski definition) is 1. The second-order valence-corrected chi connectivity index (χ2v) is 10.3. The number of aromatic nitrogens is 2. The highest BCUT2D eigenvalue weighted by Crippen LogP contribution is 2.34. The van der Waals surface area contributed by atoms with Gasteiger partial charge in [-0.3, -0.25) is 9.10 Å². The van der Waals surface area contributed by atoms with E-state index in [9.17, 15) is 13.2 Å². The Kier molecular flexibility index (Phi) is 5.77. The minimum atomic E-state index is -3.32. The molecule has 3 aromatic rings. The summed E-state index contributed by atoms with van der Waals surface area (Å²) in [5.74, 6) is -0.225. The molecule has 1 aromatic heterocycles. The van der Waals surface area contributed by atoms with E-state index in [1.165, 1.54) is 16.1 Å². The van der Waals surface area contributed by atoms with Crippen LogP contribution in [0.4, 0.5) is 11.4 Å². The van der Waals surface area contributed by atoms with Crippen LogP contribution in [0.3, 0.4) is 0 Å². The molecule has 2 aromatic carbocycles. The Morgan fingerprint density at radius 1 is 1.23 bits per heavy atom. The Morgan fingerprint density at radius 2 is 2.07 bits per heavy atom. The zero-order valence-corrected chi connectivity index (χ0v) is 18.5. The first-order chi connectivity index (χ1) is 14.3. The molecule has 30 heavy (non-hydrogen) atoms. The van der Waals surface area contributed by atoms with Gasteiger partial charge in [-0.1, -0.05) is 17.7 Å². The van der Waals surface area contributed by atoms with Crippen LogP contribution in [0.15, 0.2) is 64.9 Å². The van der Waals surface area contributed by atoms with Crippen LogP contribution in [0.25, 0.3) is 0 Å². The highest BCUT2D eigenvalue weighted by molar-refractivity contribution is 7.99. The van der Waals surface area contributed by atoms with Gasteiger partial charge in [0, 0.05) is 41.5 Å². The Morgan fingerprint density at radius 3 is 2.77 bits per heavy atom. The molecular weight excluding hydrogens is 444 g/mol. The van der Waals surface area contributed by atoms with E-state index < -0.39 is 10.0 Å². The lowest BCUT2D eigenvalue weighted by Gasteiger charge is -2.18. The van der Waals surface area contributed by atoms with Crippen molar-refractivity contribution in [3.63, 3.8) is 0 Å². The number of carbonyl (C=O) groups excluding carboxylic acids is 1. The van der Waals surface area contributed by atoms with Gasteiger partial charge in [-0.2, -0.15) is 0 Å². The zero-order valence-electron chi connectivity index (χ0n) is 16.1. The number of anilines is 2. The highest BCUT2D eigenvalue weighted by atomic mass is 35.5. The van der Waals surface area contributed by atoms with E-state index in [4.69, 9.17) is 11.6 Å². The smallest absolute Gasteiger partial charge is 0.255 e. The molecule has 0 unspecified atom stereocenters. The molecule has 1 fully saturated rings. The predicted molar refractivity (Wildman–Crippen MR) is 119 cm³/mol. The molecule has 0 atom stereocenters. The second kappa shape index (κ2) is 8.33. The lowest BCUT2D eigenvalue weighted by Crippen LogP contribution is -2.25. The van der Waals surface area contributed by atoms with Crippen molar-refractivity contribution in [3.8, 4) is 0 Å². The molecular formula is C20H19ClN4O3S2. The SMILES string of the molecule is Cn1ccnc1Sc1ccc(Cl)cc1NC(=O)c1cccc(N2CCCS2(=O)=O)c1. The van der Waals surface area contributed by atoms with Gasteiger partial charge < -0.3 is 9.88 Å². The van der Waals surface area contributed by atoms with Gasteiger partial charge in [-0.25, -0.2) is 13.4 Å². The van der Waals surface area contributed by atoms with E-state index in [1.807, 2.05) is 23.9 Å². The number of nitrogens with zero attached hydrogens (tertiary/aromatic N) is 3. The minimum absolute atomic E-state index is 0.125. The van der Waals surface area contributed by atoms with Crippen LogP contribution in [0.5, 0.6) is 0 Å². The first-order valence-electron chi connectivity index (χ1n) is 9.20. The molecule has 0 aliphatic carbocycles. The highest BCUT2D eigenvalue weighted by Gasteiger charge is 2.28. The lowest BCUT2D eigenvalue weighted by atomic mass is 10.1. The van der Waals surface area contributed by atoms with Crippen molar-refractivity contribution < 1.29 is 13.2 Å². The number of hydrogen-bond acceptors (Lipinski definition) is 5. The van der Waals surface area contributed by atoms with Gasteiger partial charge in [0.2, 0.25) is 10.0 Å². The van der Waals surface area contributed by atoms with Crippen molar-refractivity contribution in [2.75, 3.05) is 21.9 Å². The quantitative estimate of drug-likeness (QED) is 0.619. The summed E-state index contributed by atoms with van der Waals surface area (Å²) in [6, 6.07) is 11.9. The molecule has 0 radical (unpaired) electrons. The van der Waals surface area contributed by atoms with E-state index in [2.05, 4.69) is 10.3 Å². The largest absolute Gasteiger partial charge is 0.329 e. The maximum absolute atomic E-state index is 12.9. The topological polar surface area (TPSA) is 84.3 Å². The minimum Gasteiger partial charge on any atom is -0.329 e. The molecule has 0 bridgehead atoms. The number of amides is 1. The first kappa shape index (κ1) is 20.8. The molecule has 1 aliphatic heterocycles. The fraction of sp³-hybridized carbons (Fsp3) is 0.200. The fourth-order valence-electron chi connectivity index (χ4n) is 3.16. The summed E-state index contributed by atoms with van der Waals surface area (Å²) >= 11 is 7.56. The number of sulfonamides is 1.